The first-order valence-corrected chi connectivity index (χ1v) is 8.58. The van der Waals surface area contributed by atoms with Crippen molar-refractivity contribution in [1.82, 2.24) is 9.80 Å². The normalized spacial score (nSPS) is 14.5. The Hall–Kier alpha value is -1.95. The van der Waals surface area contributed by atoms with E-state index in [1.54, 1.807) is 16.7 Å². The lowest BCUT2D eigenvalue weighted by molar-refractivity contribution is -0.132. The summed E-state index contributed by atoms with van der Waals surface area (Å²) in [5.41, 5.74) is 2.04. The molecule has 0 spiro atoms. The van der Waals surface area contributed by atoms with Crippen molar-refractivity contribution >= 4 is 29.3 Å². The zero-order chi connectivity index (χ0) is 17.5. The number of nitrogens with zero attached hydrogens (tertiary/aromatic N) is 2. The first-order valence-electron chi connectivity index (χ1n) is 8.20. The second-order valence-corrected chi connectivity index (χ2v) is 6.14. The summed E-state index contributed by atoms with van der Waals surface area (Å²) in [6.07, 6.45) is 0.117. The third-order valence-corrected chi connectivity index (χ3v) is 4.24. The third-order valence-electron chi connectivity index (χ3n) is 4.00. The molecule has 7 heteroatoms. The fourth-order valence-electron chi connectivity index (χ4n) is 2.64. The molecule has 6 nitrogen and oxygen atoms in total. The van der Waals surface area contributed by atoms with Crippen LogP contribution < -0.4 is 5.32 Å². The maximum atomic E-state index is 12.3. The summed E-state index contributed by atoms with van der Waals surface area (Å²) in [6, 6.07) is 5.63. The number of carbonyl (C=O) groups excluding carboxylic acids is 2. The Kier molecular flexibility index (Phi) is 6.73. The van der Waals surface area contributed by atoms with E-state index in [9.17, 15) is 9.59 Å². The molecule has 2 amide bonds. The molecule has 0 atom stereocenters. The van der Waals surface area contributed by atoms with Crippen LogP contribution in [0.3, 0.4) is 0 Å². The number of piperazine rings is 1. The van der Waals surface area contributed by atoms with Crippen LogP contribution in [0.15, 0.2) is 18.2 Å². The Morgan fingerprint density at radius 2 is 1.88 bits per heavy atom. The summed E-state index contributed by atoms with van der Waals surface area (Å²) in [4.78, 5) is 27.3. The molecule has 1 heterocycles. The van der Waals surface area contributed by atoms with E-state index in [1.807, 2.05) is 25.1 Å². The van der Waals surface area contributed by atoms with Gasteiger partial charge in [-0.2, -0.15) is 0 Å². The number of anilines is 1. The van der Waals surface area contributed by atoms with Crippen molar-refractivity contribution in [3.05, 3.63) is 28.8 Å². The van der Waals surface area contributed by atoms with Gasteiger partial charge >= 0.3 is 6.09 Å². The predicted octanol–water partition coefficient (Wildman–Crippen LogP) is 2.75. The van der Waals surface area contributed by atoms with Crippen molar-refractivity contribution in [3.8, 4) is 0 Å². The molecule has 1 aromatic rings. The van der Waals surface area contributed by atoms with Crippen molar-refractivity contribution < 1.29 is 14.3 Å². The van der Waals surface area contributed by atoms with E-state index < -0.39 is 0 Å². The molecule has 0 unspecified atom stereocenters. The lowest BCUT2D eigenvalue weighted by Gasteiger charge is -2.34. The van der Waals surface area contributed by atoms with Gasteiger partial charge in [-0.05, 0) is 37.6 Å². The van der Waals surface area contributed by atoms with E-state index in [2.05, 4.69) is 5.32 Å². The van der Waals surface area contributed by atoms with Crippen LogP contribution in [0.1, 0.15) is 18.9 Å². The van der Waals surface area contributed by atoms with Crippen LogP contribution >= 0.6 is 11.6 Å². The molecule has 0 saturated carbocycles. The Labute approximate surface area is 147 Å². The summed E-state index contributed by atoms with van der Waals surface area (Å²) in [5, 5.41) is 3.97. The molecule has 1 fully saturated rings. The third kappa shape index (κ3) is 5.03. The zero-order valence-corrected chi connectivity index (χ0v) is 14.9. The van der Waals surface area contributed by atoms with Gasteiger partial charge in [-0.1, -0.05) is 11.6 Å². The topological polar surface area (TPSA) is 61.9 Å². The smallest absolute Gasteiger partial charge is 0.409 e. The Morgan fingerprint density at radius 3 is 2.50 bits per heavy atom. The van der Waals surface area contributed by atoms with Crippen LogP contribution in [0.2, 0.25) is 5.02 Å². The highest BCUT2D eigenvalue weighted by Crippen LogP contribution is 2.19. The molecule has 1 saturated heterocycles. The van der Waals surface area contributed by atoms with E-state index in [1.165, 1.54) is 0 Å². The highest BCUT2D eigenvalue weighted by atomic mass is 35.5. The molecule has 132 valence electrons. The molecular formula is C17H24ClN3O3. The Balaban J connectivity index is 1.73. The number of rotatable bonds is 5. The number of nitrogens with one attached hydrogen (secondary N) is 1. The number of carbonyl (C=O) groups is 2. The van der Waals surface area contributed by atoms with E-state index >= 15 is 0 Å². The highest BCUT2D eigenvalue weighted by molar-refractivity contribution is 6.30. The molecular weight excluding hydrogens is 330 g/mol. The molecule has 0 aliphatic carbocycles. The summed E-state index contributed by atoms with van der Waals surface area (Å²) in [6.45, 7) is 6.85. The summed E-state index contributed by atoms with van der Waals surface area (Å²) < 4.78 is 4.97. The summed E-state index contributed by atoms with van der Waals surface area (Å²) in [5.74, 6) is 0.0950. The van der Waals surface area contributed by atoms with Crippen LogP contribution in [0.4, 0.5) is 10.5 Å². The van der Waals surface area contributed by atoms with Gasteiger partial charge in [-0.15, -0.1) is 0 Å². The van der Waals surface area contributed by atoms with Crippen molar-refractivity contribution in [1.29, 1.82) is 0 Å². The van der Waals surface area contributed by atoms with Gasteiger partial charge < -0.3 is 19.9 Å². The first-order chi connectivity index (χ1) is 11.5. The number of halogens is 1. The molecule has 1 aromatic carbocycles. The second-order valence-electron chi connectivity index (χ2n) is 5.70. The lowest BCUT2D eigenvalue weighted by Crippen LogP contribution is -2.50. The van der Waals surface area contributed by atoms with Gasteiger partial charge in [0.1, 0.15) is 0 Å². The summed E-state index contributed by atoms with van der Waals surface area (Å²) in [7, 11) is 0. The zero-order valence-electron chi connectivity index (χ0n) is 14.2. The SMILES string of the molecule is CCOC(=O)N1CCN(C(=O)CCNc2ccc(Cl)cc2C)CC1. The minimum absolute atomic E-state index is 0.0950. The minimum atomic E-state index is -0.301. The fraction of sp³-hybridized carbons (Fsp3) is 0.529. The molecule has 1 aliphatic heterocycles. The average molecular weight is 354 g/mol. The van der Waals surface area contributed by atoms with Gasteiger partial charge in [0.05, 0.1) is 6.61 Å². The molecule has 0 radical (unpaired) electrons. The first kappa shape index (κ1) is 18.4. The number of ether oxygens (including phenoxy) is 1. The molecule has 1 aliphatic rings. The lowest BCUT2D eigenvalue weighted by atomic mass is 10.2. The van der Waals surface area contributed by atoms with Crippen LogP contribution in [0.25, 0.3) is 0 Å². The molecule has 24 heavy (non-hydrogen) atoms. The standard InChI is InChI=1S/C17H24ClN3O3/c1-3-24-17(23)21-10-8-20(9-11-21)16(22)6-7-19-15-5-4-14(18)12-13(15)2/h4-5,12,19H,3,6-11H2,1-2H3. The number of hydrogen-bond donors (Lipinski definition) is 1. The van der Waals surface area contributed by atoms with E-state index in [-0.39, 0.29) is 12.0 Å². The Morgan fingerprint density at radius 1 is 1.21 bits per heavy atom. The Bertz CT molecular complexity index is 586. The molecule has 1 N–H and O–H groups in total. The van der Waals surface area contributed by atoms with E-state index in [4.69, 9.17) is 16.3 Å². The molecule has 0 aromatic heterocycles. The largest absolute Gasteiger partial charge is 0.450 e. The summed E-state index contributed by atoms with van der Waals surface area (Å²) >= 11 is 5.93. The monoisotopic (exact) mass is 353 g/mol. The maximum Gasteiger partial charge on any atom is 0.409 e. The van der Waals surface area contributed by atoms with Gasteiger partial charge in [-0.3, -0.25) is 4.79 Å². The number of hydrogen-bond acceptors (Lipinski definition) is 4. The number of amides is 2. The van der Waals surface area contributed by atoms with Gasteiger partial charge in [0.2, 0.25) is 5.91 Å². The van der Waals surface area contributed by atoms with Crippen molar-refractivity contribution in [3.63, 3.8) is 0 Å². The van der Waals surface area contributed by atoms with E-state index in [0.717, 1.165) is 11.3 Å². The van der Waals surface area contributed by atoms with Crippen LogP contribution in [-0.2, 0) is 9.53 Å². The van der Waals surface area contributed by atoms with E-state index in [0.29, 0.717) is 50.8 Å². The fourth-order valence-corrected chi connectivity index (χ4v) is 2.87. The quantitative estimate of drug-likeness (QED) is 0.884. The van der Waals surface area contributed by atoms with Gasteiger partial charge in [0.15, 0.2) is 0 Å². The average Bonchev–Trinajstić information content (AvgIpc) is 2.57. The van der Waals surface area contributed by atoms with Crippen molar-refractivity contribution in [2.75, 3.05) is 44.6 Å². The number of aryl methyl sites for hydroxylation is 1. The van der Waals surface area contributed by atoms with Crippen molar-refractivity contribution in [2.24, 2.45) is 0 Å². The molecule has 2 rings (SSSR count). The van der Waals surface area contributed by atoms with Gasteiger partial charge in [-0.25, -0.2) is 4.79 Å². The second kappa shape index (κ2) is 8.78. The maximum absolute atomic E-state index is 12.3. The van der Waals surface area contributed by atoms with Crippen molar-refractivity contribution in [2.45, 2.75) is 20.3 Å². The highest BCUT2D eigenvalue weighted by Gasteiger charge is 2.24. The minimum Gasteiger partial charge on any atom is -0.450 e. The predicted molar refractivity (Wildman–Crippen MR) is 94.5 cm³/mol. The number of benzene rings is 1. The van der Waals surface area contributed by atoms with Gasteiger partial charge in [0, 0.05) is 49.9 Å². The molecule has 0 bridgehead atoms. The van der Waals surface area contributed by atoms with Gasteiger partial charge in [0.25, 0.3) is 0 Å². The van der Waals surface area contributed by atoms with Crippen LogP contribution in [0, 0.1) is 6.92 Å². The van der Waals surface area contributed by atoms with Crippen LogP contribution in [-0.4, -0.2) is 61.1 Å². The van der Waals surface area contributed by atoms with Crippen LogP contribution in [0.5, 0.6) is 0 Å².